The van der Waals surface area contributed by atoms with Gasteiger partial charge in [-0.05, 0) is 36.8 Å². The van der Waals surface area contributed by atoms with Gasteiger partial charge in [0.2, 0.25) is 5.75 Å². The van der Waals surface area contributed by atoms with Crippen LogP contribution in [-0.2, 0) is 5.75 Å². The Kier molecular flexibility index (Phi) is 6.55. The Morgan fingerprint density at radius 2 is 1.73 bits per heavy atom. The predicted octanol–water partition coefficient (Wildman–Crippen LogP) is 5.15. The van der Waals surface area contributed by atoms with E-state index in [1.807, 2.05) is 25.1 Å². The van der Waals surface area contributed by atoms with E-state index in [1.54, 1.807) is 18.2 Å². The van der Waals surface area contributed by atoms with E-state index in [2.05, 4.69) is 6.07 Å². The van der Waals surface area contributed by atoms with Crippen LogP contribution < -0.4 is 19.8 Å². The number of aromatic nitrogens is 2. The number of thioether (sulfide) groups is 1. The zero-order valence-electron chi connectivity index (χ0n) is 18.7. The molecule has 0 saturated carbocycles. The van der Waals surface area contributed by atoms with Crippen LogP contribution in [0.5, 0.6) is 17.2 Å². The first-order valence-electron chi connectivity index (χ1n) is 10.2. The zero-order valence-corrected chi connectivity index (χ0v) is 19.5. The summed E-state index contributed by atoms with van der Waals surface area (Å²) in [5, 5.41) is 0.679. The van der Waals surface area contributed by atoms with Crippen molar-refractivity contribution in [3.8, 4) is 22.9 Å². The van der Waals surface area contributed by atoms with E-state index >= 15 is 0 Å². The second-order valence-electron chi connectivity index (χ2n) is 7.33. The van der Waals surface area contributed by atoms with Crippen LogP contribution >= 0.6 is 11.8 Å². The van der Waals surface area contributed by atoms with Crippen LogP contribution in [-0.4, -0.2) is 30.9 Å². The molecule has 0 aliphatic rings. The molecule has 1 aromatic heterocycles. The lowest BCUT2D eigenvalue weighted by Crippen LogP contribution is -2.22. The van der Waals surface area contributed by atoms with E-state index in [9.17, 15) is 9.18 Å². The van der Waals surface area contributed by atoms with Crippen molar-refractivity contribution >= 4 is 22.7 Å². The first-order valence-corrected chi connectivity index (χ1v) is 11.2. The van der Waals surface area contributed by atoms with E-state index in [1.165, 1.54) is 49.8 Å². The minimum absolute atomic E-state index is 0.272. The molecule has 8 heteroatoms. The molecule has 3 aromatic carbocycles. The highest BCUT2D eigenvalue weighted by Crippen LogP contribution is 2.42. The summed E-state index contributed by atoms with van der Waals surface area (Å²) in [5.74, 6) is 1.11. The van der Waals surface area contributed by atoms with Gasteiger partial charge in [-0.2, -0.15) is 0 Å². The molecule has 6 nitrogen and oxygen atoms in total. The molecule has 170 valence electrons. The Morgan fingerprint density at radius 1 is 0.970 bits per heavy atom. The quantitative estimate of drug-likeness (QED) is 0.277. The van der Waals surface area contributed by atoms with Crippen molar-refractivity contribution in [2.45, 2.75) is 17.8 Å². The molecule has 0 fully saturated rings. The van der Waals surface area contributed by atoms with Gasteiger partial charge in [-0.1, -0.05) is 47.7 Å². The molecular weight excluding hydrogens is 443 g/mol. The lowest BCUT2D eigenvalue weighted by atomic mass is 10.2. The normalized spacial score (nSPS) is 10.9. The fraction of sp³-hybridized carbons (Fsp3) is 0.200. The van der Waals surface area contributed by atoms with Crippen molar-refractivity contribution in [1.29, 1.82) is 0 Å². The van der Waals surface area contributed by atoms with Crippen molar-refractivity contribution in [3.05, 3.63) is 81.9 Å². The third kappa shape index (κ3) is 4.39. The summed E-state index contributed by atoms with van der Waals surface area (Å²) in [6, 6.07) is 15.5. The maximum atomic E-state index is 14.1. The van der Waals surface area contributed by atoms with E-state index < -0.39 is 5.82 Å². The molecule has 0 unspecified atom stereocenters. The van der Waals surface area contributed by atoms with Crippen molar-refractivity contribution in [1.82, 2.24) is 9.55 Å². The van der Waals surface area contributed by atoms with E-state index in [4.69, 9.17) is 19.2 Å². The number of methoxy groups -OCH3 is 3. The van der Waals surface area contributed by atoms with Crippen molar-refractivity contribution in [2.24, 2.45) is 0 Å². The molecule has 0 amide bonds. The second kappa shape index (κ2) is 9.54. The van der Waals surface area contributed by atoms with E-state index in [-0.39, 0.29) is 10.9 Å². The Balaban J connectivity index is 1.98. The van der Waals surface area contributed by atoms with Crippen LogP contribution in [0.3, 0.4) is 0 Å². The number of benzene rings is 3. The summed E-state index contributed by atoms with van der Waals surface area (Å²) < 4.78 is 31.9. The number of fused-ring (bicyclic) bond motifs is 1. The summed E-state index contributed by atoms with van der Waals surface area (Å²) in [4.78, 5) is 18.5. The van der Waals surface area contributed by atoms with Crippen molar-refractivity contribution in [3.63, 3.8) is 0 Å². The number of hydrogen-bond acceptors (Lipinski definition) is 6. The number of rotatable bonds is 7. The van der Waals surface area contributed by atoms with Gasteiger partial charge in [-0.3, -0.25) is 9.36 Å². The standard InChI is InChI=1S/C25H23FN2O4S/c1-15-7-5-8-16(11-15)14-33-25-27-21-19(13-20(30-2)22(31-3)23(21)32-4)24(29)28(25)18-10-6-9-17(26)12-18/h5-13H,14H2,1-4H3. The topological polar surface area (TPSA) is 62.6 Å². The van der Waals surface area contributed by atoms with Crippen LogP contribution in [0.25, 0.3) is 16.6 Å². The molecule has 4 rings (SSSR count). The maximum absolute atomic E-state index is 14.1. The summed E-state index contributed by atoms with van der Waals surface area (Å²) in [6.45, 7) is 2.02. The molecule has 0 saturated heterocycles. The Bertz CT molecular complexity index is 1390. The molecule has 4 aromatic rings. The van der Waals surface area contributed by atoms with Gasteiger partial charge in [0.15, 0.2) is 16.7 Å². The Morgan fingerprint density at radius 3 is 2.39 bits per heavy atom. The molecule has 0 radical (unpaired) electrons. The smallest absolute Gasteiger partial charge is 0.266 e. The van der Waals surface area contributed by atoms with Gasteiger partial charge in [0.1, 0.15) is 11.3 Å². The largest absolute Gasteiger partial charge is 0.493 e. The number of halogens is 1. The van der Waals surface area contributed by atoms with Crippen LogP contribution in [0.4, 0.5) is 4.39 Å². The highest BCUT2D eigenvalue weighted by atomic mass is 32.2. The summed E-state index contributed by atoms with van der Waals surface area (Å²) >= 11 is 1.38. The summed E-state index contributed by atoms with van der Waals surface area (Å²) in [7, 11) is 4.46. The summed E-state index contributed by atoms with van der Waals surface area (Å²) in [5.41, 5.74) is 2.59. The van der Waals surface area contributed by atoms with Gasteiger partial charge in [0, 0.05) is 5.75 Å². The van der Waals surface area contributed by atoms with E-state index in [0.29, 0.717) is 39.4 Å². The first kappa shape index (κ1) is 22.7. The lowest BCUT2D eigenvalue weighted by Gasteiger charge is -2.17. The predicted molar refractivity (Wildman–Crippen MR) is 128 cm³/mol. The van der Waals surface area contributed by atoms with Gasteiger partial charge in [-0.25, -0.2) is 9.37 Å². The highest BCUT2D eigenvalue weighted by molar-refractivity contribution is 7.98. The molecule has 33 heavy (non-hydrogen) atoms. The SMILES string of the molecule is COc1cc2c(=O)n(-c3cccc(F)c3)c(SCc3cccc(C)c3)nc2c(OC)c1OC. The average Bonchev–Trinajstić information content (AvgIpc) is 2.81. The molecule has 0 bridgehead atoms. The van der Waals surface area contributed by atoms with Crippen LogP contribution in [0.1, 0.15) is 11.1 Å². The minimum Gasteiger partial charge on any atom is -0.493 e. The number of aryl methyl sites for hydroxylation is 1. The highest BCUT2D eigenvalue weighted by Gasteiger charge is 2.22. The molecular formula is C25H23FN2O4S. The average molecular weight is 467 g/mol. The number of ether oxygens (including phenoxy) is 3. The van der Waals surface area contributed by atoms with Gasteiger partial charge in [0.25, 0.3) is 5.56 Å². The van der Waals surface area contributed by atoms with E-state index in [0.717, 1.165) is 11.1 Å². The maximum Gasteiger partial charge on any atom is 0.266 e. The van der Waals surface area contributed by atoms with Crippen LogP contribution in [0.2, 0.25) is 0 Å². The molecule has 0 aliphatic heterocycles. The zero-order chi connectivity index (χ0) is 23.5. The Hall–Kier alpha value is -3.52. The molecule has 0 aliphatic carbocycles. The van der Waals surface area contributed by atoms with Gasteiger partial charge < -0.3 is 14.2 Å². The van der Waals surface area contributed by atoms with Crippen molar-refractivity contribution < 1.29 is 18.6 Å². The molecule has 0 atom stereocenters. The summed E-state index contributed by atoms with van der Waals surface area (Å²) in [6.07, 6.45) is 0. The fourth-order valence-electron chi connectivity index (χ4n) is 3.66. The number of hydrogen-bond donors (Lipinski definition) is 0. The third-order valence-electron chi connectivity index (χ3n) is 5.15. The van der Waals surface area contributed by atoms with Crippen molar-refractivity contribution in [2.75, 3.05) is 21.3 Å². The first-order chi connectivity index (χ1) is 16.0. The lowest BCUT2D eigenvalue weighted by molar-refractivity contribution is 0.326. The minimum atomic E-state index is -0.445. The monoisotopic (exact) mass is 466 g/mol. The second-order valence-corrected chi connectivity index (χ2v) is 8.28. The number of nitrogens with zero attached hydrogens (tertiary/aromatic N) is 2. The Labute approximate surface area is 194 Å². The molecule has 1 heterocycles. The van der Waals surface area contributed by atoms with Gasteiger partial charge >= 0.3 is 0 Å². The van der Waals surface area contributed by atoms with Crippen LogP contribution in [0.15, 0.2) is 64.5 Å². The fourth-order valence-corrected chi connectivity index (χ4v) is 4.61. The van der Waals surface area contributed by atoms with Crippen LogP contribution in [0, 0.1) is 12.7 Å². The molecule has 0 spiro atoms. The van der Waals surface area contributed by atoms with Gasteiger partial charge in [-0.15, -0.1) is 0 Å². The van der Waals surface area contributed by atoms with Gasteiger partial charge in [0.05, 0.1) is 32.4 Å². The molecule has 0 N–H and O–H groups in total. The third-order valence-corrected chi connectivity index (χ3v) is 6.16.